The molecule has 2 nitrogen and oxygen atoms in total. The molecular weight excluding hydrogens is 168 g/mol. The van der Waals surface area contributed by atoms with E-state index in [0.717, 1.165) is 37.9 Å². The zero-order valence-electron chi connectivity index (χ0n) is 7.63. The average Bonchev–Trinajstić information content (AvgIpc) is 1.98. The van der Waals surface area contributed by atoms with Gasteiger partial charge in [-0.3, -0.25) is 0 Å². The highest BCUT2D eigenvalue weighted by Gasteiger charge is 2.00. The van der Waals surface area contributed by atoms with E-state index in [-0.39, 0.29) is 0 Å². The van der Waals surface area contributed by atoms with Crippen molar-refractivity contribution in [1.82, 2.24) is 0 Å². The van der Waals surface area contributed by atoms with Crippen LogP contribution in [0, 0.1) is 0 Å². The second-order valence-corrected chi connectivity index (χ2v) is 3.87. The highest BCUT2D eigenvalue weighted by Crippen LogP contribution is 2.12. The Morgan fingerprint density at radius 3 is 2.50 bits per heavy atom. The van der Waals surface area contributed by atoms with Crippen LogP contribution in [-0.2, 0) is 0 Å². The minimum Gasteiger partial charge on any atom is -0.403 e. The molecule has 0 heterocycles. The van der Waals surface area contributed by atoms with Crippen LogP contribution < -0.4 is 11.5 Å². The topological polar surface area (TPSA) is 52.0 Å². The standard InChI is InChI=1S/C9H20N2S/c1-8(11)4-2-3-5-9(12)6-7-10/h9,12H,1-7,10-11H2. The molecule has 0 bridgehead atoms. The molecule has 0 saturated carbocycles. The molecule has 0 aromatic heterocycles. The largest absolute Gasteiger partial charge is 0.403 e. The maximum absolute atomic E-state index is 5.43. The van der Waals surface area contributed by atoms with Gasteiger partial charge < -0.3 is 11.5 Å². The smallest absolute Gasteiger partial charge is 0.00288 e. The fourth-order valence-electron chi connectivity index (χ4n) is 1.07. The van der Waals surface area contributed by atoms with Crippen LogP contribution in [0.15, 0.2) is 12.3 Å². The van der Waals surface area contributed by atoms with E-state index >= 15 is 0 Å². The third-order valence-corrected chi connectivity index (χ3v) is 2.30. The first-order valence-corrected chi connectivity index (χ1v) is 5.00. The lowest BCUT2D eigenvalue weighted by atomic mass is 10.1. The Labute approximate surface area is 80.8 Å². The van der Waals surface area contributed by atoms with Crippen molar-refractivity contribution in [3.8, 4) is 0 Å². The van der Waals surface area contributed by atoms with Gasteiger partial charge in [-0.1, -0.05) is 13.0 Å². The lowest BCUT2D eigenvalue weighted by Gasteiger charge is -2.08. The van der Waals surface area contributed by atoms with Crippen molar-refractivity contribution < 1.29 is 0 Å². The summed E-state index contributed by atoms with van der Waals surface area (Å²) in [5, 5.41) is 0.459. The number of allylic oxidation sites excluding steroid dienone is 1. The molecule has 12 heavy (non-hydrogen) atoms. The summed E-state index contributed by atoms with van der Waals surface area (Å²) in [4.78, 5) is 0. The van der Waals surface area contributed by atoms with Crippen LogP contribution in [0.5, 0.6) is 0 Å². The molecule has 0 fully saturated rings. The number of hydrogen-bond acceptors (Lipinski definition) is 3. The molecule has 72 valence electrons. The molecular formula is C9H20N2S. The second kappa shape index (κ2) is 7.50. The van der Waals surface area contributed by atoms with Crippen molar-refractivity contribution in [3.05, 3.63) is 12.3 Å². The van der Waals surface area contributed by atoms with Gasteiger partial charge in [-0.2, -0.15) is 12.6 Å². The number of nitrogens with two attached hydrogens (primary N) is 2. The van der Waals surface area contributed by atoms with Crippen LogP contribution in [0.4, 0.5) is 0 Å². The van der Waals surface area contributed by atoms with Gasteiger partial charge in [-0.15, -0.1) is 0 Å². The molecule has 0 radical (unpaired) electrons. The minimum absolute atomic E-state index is 0.459. The van der Waals surface area contributed by atoms with Crippen LogP contribution in [0.1, 0.15) is 32.1 Å². The predicted molar refractivity (Wildman–Crippen MR) is 58.2 cm³/mol. The van der Waals surface area contributed by atoms with E-state index in [9.17, 15) is 0 Å². The van der Waals surface area contributed by atoms with Crippen LogP contribution in [0.25, 0.3) is 0 Å². The summed E-state index contributed by atoms with van der Waals surface area (Å²) in [6.45, 7) is 4.38. The van der Waals surface area contributed by atoms with Gasteiger partial charge in [-0.25, -0.2) is 0 Å². The Bertz CT molecular complexity index is 126. The summed E-state index contributed by atoms with van der Waals surface area (Å²) in [5.74, 6) is 0. The zero-order chi connectivity index (χ0) is 9.40. The molecule has 1 unspecified atom stereocenters. The van der Waals surface area contributed by atoms with E-state index in [1.807, 2.05) is 0 Å². The van der Waals surface area contributed by atoms with E-state index < -0.39 is 0 Å². The first kappa shape index (κ1) is 11.8. The molecule has 4 N–H and O–H groups in total. The molecule has 0 saturated heterocycles. The number of unbranched alkanes of at least 4 members (excludes halogenated alkanes) is 1. The van der Waals surface area contributed by atoms with Gasteiger partial charge in [0.15, 0.2) is 0 Å². The lowest BCUT2D eigenvalue weighted by Crippen LogP contribution is -2.08. The quantitative estimate of drug-likeness (QED) is 0.420. The van der Waals surface area contributed by atoms with E-state index in [4.69, 9.17) is 11.5 Å². The second-order valence-electron chi connectivity index (χ2n) is 3.14. The summed E-state index contributed by atoms with van der Waals surface area (Å²) >= 11 is 4.40. The molecule has 0 aromatic carbocycles. The molecule has 0 spiro atoms. The van der Waals surface area contributed by atoms with Crippen LogP contribution >= 0.6 is 12.6 Å². The Balaban J connectivity index is 3.13. The maximum atomic E-state index is 5.43. The van der Waals surface area contributed by atoms with Crippen molar-refractivity contribution in [1.29, 1.82) is 0 Å². The van der Waals surface area contributed by atoms with Crippen molar-refractivity contribution in [2.24, 2.45) is 11.5 Å². The third kappa shape index (κ3) is 7.95. The van der Waals surface area contributed by atoms with Gasteiger partial charge in [0, 0.05) is 10.9 Å². The monoisotopic (exact) mass is 188 g/mol. The van der Waals surface area contributed by atoms with Crippen molar-refractivity contribution >= 4 is 12.6 Å². The summed E-state index contributed by atoms with van der Waals surface area (Å²) in [6.07, 6.45) is 5.37. The maximum Gasteiger partial charge on any atom is 0.00288 e. The van der Waals surface area contributed by atoms with Gasteiger partial charge in [0.2, 0.25) is 0 Å². The molecule has 3 heteroatoms. The molecule has 0 aliphatic heterocycles. The first-order valence-electron chi connectivity index (χ1n) is 4.48. The fourth-order valence-corrected chi connectivity index (χ4v) is 1.40. The third-order valence-electron chi connectivity index (χ3n) is 1.79. The highest BCUT2D eigenvalue weighted by molar-refractivity contribution is 7.80. The predicted octanol–water partition coefficient (Wildman–Crippen LogP) is 1.67. The van der Waals surface area contributed by atoms with Crippen LogP contribution in [0.2, 0.25) is 0 Å². The highest BCUT2D eigenvalue weighted by atomic mass is 32.1. The SMILES string of the molecule is C=C(N)CCCCC(S)CCN. The number of hydrogen-bond donors (Lipinski definition) is 3. The van der Waals surface area contributed by atoms with Crippen LogP contribution in [-0.4, -0.2) is 11.8 Å². The number of thiol groups is 1. The Morgan fingerprint density at radius 2 is 2.00 bits per heavy atom. The Morgan fingerprint density at radius 1 is 1.33 bits per heavy atom. The molecule has 0 aromatic rings. The number of rotatable bonds is 7. The molecule has 0 aliphatic carbocycles. The minimum atomic E-state index is 0.459. The molecule has 1 atom stereocenters. The Hall–Kier alpha value is -0.150. The van der Waals surface area contributed by atoms with Crippen molar-refractivity contribution in [2.75, 3.05) is 6.54 Å². The van der Waals surface area contributed by atoms with Gasteiger partial charge in [0.1, 0.15) is 0 Å². The zero-order valence-corrected chi connectivity index (χ0v) is 8.52. The van der Waals surface area contributed by atoms with E-state index in [0.29, 0.717) is 5.25 Å². The molecule has 0 aliphatic rings. The summed E-state index contributed by atoms with van der Waals surface area (Å²) in [7, 11) is 0. The van der Waals surface area contributed by atoms with Crippen molar-refractivity contribution in [2.45, 2.75) is 37.4 Å². The van der Waals surface area contributed by atoms with Crippen LogP contribution in [0.3, 0.4) is 0 Å². The molecule has 0 amide bonds. The Kier molecular flexibility index (Phi) is 7.40. The lowest BCUT2D eigenvalue weighted by molar-refractivity contribution is 0.630. The average molecular weight is 188 g/mol. The van der Waals surface area contributed by atoms with Gasteiger partial charge in [-0.05, 0) is 32.2 Å². The first-order chi connectivity index (χ1) is 5.66. The van der Waals surface area contributed by atoms with E-state index in [1.165, 1.54) is 6.42 Å². The normalized spacial score (nSPS) is 12.8. The van der Waals surface area contributed by atoms with Gasteiger partial charge in [0.25, 0.3) is 0 Å². The summed E-state index contributed by atoms with van der Waals surface area (Å²) < 4.78 is 0. The van der Waals surface area contributed by atoms with E-state index in [2.05, 4.69) is 19.2 Å². The van der Waals surface area contributed by atoms with Gasteiger partial charge >= 0.3 is 0 Å². The summed E-state index contributed by atoms with van der Waals surface area (Å²) in [5.41, 5.74) is 11.6. The fraction of sp³-hybridized carbons (Fsp3) is 0.778. The molecule has 0 rings (SSSR count). The van der Waals surface area contributed by atoms with Gasteiger partial charge in [0.05, 0.1) is 0 Å². The van der Waals surface area contributed by atoms with E-state index in [1.54, 1.807) is 0 Å². The van der Waals surface area contributed by atoms with Crippen molar-refractivity contribution in [3.63, 3.8) is 0 Å². The summed E-state index contributed by atoms with van der Waals surface area (Å²) in [6, 6.07) is 0.